The number of ether oxygens (including phenoxy) is 5. The molecule has 3 aliphatic rings. The van der Waals surface area contributed by atoms with E-state index >= 15 is 0 Å². The zero-order valence-electron chi connectivity index (χ0n) is 12.1. The second-order valence-corrected chi connectivity index (χ2v) is 6.17. The topological polar surface area (TPSA) is 69.9 Å². The van der Waals surface area contributed by atoms with Gasteiger partial charge in [0.2, 0.25) is 5.79 Å². The van der Waals surface area contributed by atoms with Gasteiger partial charge in [-0.05, 0) is 33.8 Å². The van der Waals surface area contributed by atoms with E-state index in [1.165, 1.54) is 6.08 Å². The van der Waals surface area contributed by atoms with Gasteiger partial charge in [0.05, 0.1) is 12.7 Å². The Bertz CT molecular complexity index is 480. The van der Waals surface area contributed by atoms with Gasteiger partial charge in [-0.2, -0.15) is 5.26 Å². The minimum Gasteiger partial charge on any atom is -0.348 e. The van der Waals surface area contributed by atoms with E-state index in [2.05, 4.69) is 0 Å². The van der Waals surface area contributed by atoms with Crippen LogP contribution in [0.1, 0.15) is 27.7 Å². The summed E-state index contributed by atoms with van der Waals surface area (Å²) in [5, 5.41) is 8.77. The predicted molar refractivity (Wildman–Crippen MR) is 67.3 cm³/mol. The summed E-state index contributed by atoms with van der Waals surface area (Å²) in [5.41, 5.74) is 0. The third-order valence-corrected chi connectivity index (χ3v) is 3.62. The maximum absolute atomic E-state index is 8.77. The molecular weight excluding hydrogens is 262 g/mol. The molecule has 4 atom stereocenters. The first-order valence-electron chi connectivity index (χ1n) is 6.72. The predicted octanol–water partition coefficient (Wildman–Crippen LogP) is 1.46. The van der Waals surface area contributed by atoms with Crippen molar-refractivity contribution in [2.24, 2.45) is 0 Å². The van der Waals surface area contributed by atoms with Gasteiger partial charge in [0.25, 0.3) is 0 Å². The summed E-state index contributed by atoms with van der Waals surface area (Å²) in [6.45, 7) is 7.75. The average molecular weight is 281 g/mol. The highest BCUT2D eigenvalue weighted by atomic mass is 16.9. The second kappa shape index (κ2) is 4.26. The van der Waals surface area contributed by atoms with E-state index in [1.807, 2.05) is 33.8 Å². The van der Waals surface area contributed by atoms with E-state index in [1.54, 1.807) is 6.08 Å². The van der Waals surface area contributed by atoms with Gasteiger partial charge in [-0.1, -0.05) is 0 Å². The van der Waals surface area contributed by atoms with E-state index in [4.69, 9.17) is 28.9 Å². The number of allylic oxidation sites excluding steroid dienone is 1. The standard InChI is InChI=1S/C14H19NO5/c1-12(2)16-8-9-10(18-12)11-14(17-9,6-5-7-15)20-13(3,4)19-11/h5-6,9-11H,8H2,1-4H3/b6-5+/t9-,10+,11-,14-/m0/s1. The molecule has 0 aromatic rings. The van der Waals surface area contributed by atoms with Gasteiger partial charge in [-0.3, -0.25) is 0 Å². The molecular formula is C14H19NO5. The van der Waals surface area contributed by atoms with Crippen molar-refractivity contribution in [2.45, 2.75) is 63.4 Å². The molecule has 3 fully saturated rings. The lowest BCUT2D eigenvalue weighted by Crippen LogP contribution is -2.51. The smallest absolute Gasteiger partial charge is 0.221 e. The molecule has 0 saturated carbocycles. The maximum Gasteiger partial charge on any atom is 0.221 e. The number of rotatable bonds is 1. The van der Waals surface area contributed by atoms with E-state index in [0.717, 1.165) is 0 Å². The lowest BCUT2D eigenvalue weighted by molar-refractivity contribution is -0.323. The third kappa shape index (κ3) is 2.16. The van der Waals surface area contributed by atoms with Crippen molar-refractivity contribution in [3.05, 3.63) is 12.2 Å². The van der Waals surface area contributed by atoms with Crippen molar-refractivity contribution in [3.63, 3.8) is 0 Å². The van der Waals surface area contributed by atoms with Gasteiger partial charge in [0.1, 0.15) is 18.3 Å². The molecule has 6 heteroatoms. The zero-order chi connectivity index (χ0) is 14.6. The molecule has 3 saturated heterocycles. The SMILES string of the molecule is CC1(C)OC[C@@H]2O[C@@]3(/C=C/C#N)OC(C)(C)O[C@H]3[C@@H]2O1. The molecule has 20 heavy (non-hydrogen) atoms. The summed E-state index contributed by atoms with van der Waals surface area (Å²) < 4.78 is 29.4. The molecule has 0 aromatic carbocycles. The second-order valence-electron chi connectivity index (χ2n) is 6.17. The van der Waals surface area contributed by atoms with Crippen molar-refractivity contribution in [1.29, 1.82) is 5.26 Å². The maximum atomic E-state index is 8.77. The van der Waals surface area contributed by atoms with Gasteiger partial charge in [-0.25, -0.2) is 0 Å². The lowest BCUT2D eigenvalue weighted by atomic mass is 10.0. The van der Waals surface area contributed by atoms with Crippen molar-refractivity contribution >= 4 is 0 Å². The Kier molecular flexibility index (Phi) is 2.98. The van der Waals surface area contributed by atoms with Crippen LogP contribution in [0.5, 0.6) is 0 Å². The normalized spacial score (nSPS) is 45.0. The molecule has 0 N–H and O–H groups in total. The molecule has 0 bridgehead atoms. The highest BCUT2D eigenvalue weighted by Crippen LogP contribution is 2.49. The molecule has 0 spiro atoms. The Morgan fingerprint density at radius 3 is 2.55 bits per heavy atom. The van der Waals surface area contributed by atoms with Gasteiger partial charge in [0.15, 0.2) is 11.6 Å². The Morgan fingerprint density at radius 2 is 1.85 bits per heavy atom. The first-order chi connectivity index (χ1) is 9.27. The molecule has 0 aromatic heterocycles. The largest absolute Gasteiger partial charge is 0.348 e. The fraction of sp³-hybridized carbons (Fsp3) is 0.786. The molecule has 0 aliphatic carbocycles. The van der Waals surface area contributed by atoms with Gasteiger partial charge in [-0.15, -0.1) is 0 Å². The van der Waals surface area contributed by atoms with Crippen LogP contribution in [-0.2, 0) is 23.7 Å². The first-order valence-corrected chi connectivity index (χ1v) is 6.72. The van der Waals surface area contributed by atoms with Gasteiger partial charge >= 0.3 is 0 Å². The van der Waals surface area contributed by atoms with Crippen LogP contribution in [0.25, 0.3) is 0 Å². The van der Waals surface area contributed by atoms with Crippen LogP contribution in [-0.4, -0.2) is 42.3 Å². The molecule has 3 heterocycles. The molecule has 3 aliphatic heterocycles. The first kappa shape index (κ1) is 14.0. The minimum absolute atomic E-state index is 0.271. The molecule has 0 unspecified atom stereocenters. The van der Waals surface area contributed by atoms with Crippen LogP contribution >= 0.6 is 0 Å². The Labute approximate surface area is 118 Å². The number of nitrogens with zero attached hydrogens (tertiary/aromatic N) is 1. The van der Waals surface area contributed by atoms with Crippen LogP contribution < -0.4 is 0 Å². The fourth-order valence-electron chi connectivity index (χ4n) is 2.97. The van der Waals surface area contributed by atoms with Crippen LogP contribution in [0, 0.1) is 11.3 Å². The van der Waals surface area contributed by atoms with Crippen molar-refractivity contribution < 1.29 is 23.7 Å². The molecule has 110 valence electrons. The van der Waals surface area contributed by atoms with E-state index in [-0.39, 0.29) is 12.2 Å². The monoisotopic (exact) mass is 281 g/mol. The molecule has 3 rings (SSSR count). The summed E-state index contributed by atoms with van der Waals surface area (Å²) in [6, 6.07) is 1.96. The fourth-order valence-corrected chi connectivity index (χ4v) is 2.97. The Morgan fingerprint density at radius 1 is 1.10 bits per heavy atom. The summed E-state index contributed by atoms with van der Waals surface area (Å²) in [4.78, 5) is 0. The number of nitriles is 1. The van der Waals surface area contributed by atoms with Crippen molar-refractivity contribution in [1.82, 2.24) is 0 Å². The summed E-state index contributed by atoms with van der Waals surface area (Å²) in [6.07, 6.45) is 1.97. The number of hydrogen-bond acceptors (Lipinski definition) is 6. The van der Waals surface area contributed by atoms with E-state index in [9.17, 15) is 0 Å². The van der Waals surface area contributed by atoms with Crippen LogP contribution in [0.15, 0.2) is 12.2 Å². The number of hydrogen-bond donors (Lipinski definition) is 0. The molecule has 0 radical (unpaired) electrons. The Hall–Kier alpha value is -0.970. The minimum atomic E-state index is -1.08. The van der Waals surface area contributed by atoms with Gasteiger partial charge in [0, 0.05) is 6.08 Å². The van der Waals surface area contributed by atoms with Crippen molar-refractivity contribution in [3.8, 4) is 6.07 Å². The molecule has 6 nitrogen and oxygen atoms in total. The van der Waals surface area contributed by atoms with Crippen molar-refractivity contribution in [2.75, 3.05) is 6.61 Å². The zero-order valence-corrected chi connectivity index (χ0v) is 12.1. The van der Waals surface area contributed by atoms with Crippen LogP contribution in [0.4, 0.5) is 0 Å². The van der Waals surface area contributed by atoms with Crippen LogP contribution in [0.3, 0.4) is 0 Å². The Balaban J connectivity index is 1.93. The summed E-state index contributed by atoms with van der Waals surface area (Å²) in [5.74, 6) is -2.56. The van der Waals surface area contributed by atoms with Crippen LogP contribution in [0.2, 0.25) is 0 Å². The number of fused-ring (bicyclic) bond motifs is 3. The highest BCUT2D eigenvalue weighted by Gasteiger charge is 2.66. The third-order valence-electron chi connectivity index (χ3n) is 3.62. The average Bonchev–Trinajstić information content (AvgIpc) is 2.74. The van der Waals surface area contributed by atoms with Gasteiger partial charge < -0.3 is 23.7 Å². The summed E-state index contributed by atoms with van der Waals surface area (Å²) >= 11 is 0. The summed E-state index contributed by atoms with van der Waals surface area (Å²) in [7, 11) is 0. The highest BCUT2D eigenvalue weighted by molar-refractivity contribution is 5.18. The quantitative estimate of drug-likeness (QED) is 0.678. The molecule has 0 amide bonds. The van der Waals surface area contributed by atoms with E-state index < -0.39 is 23.5 Å². The van der Waals surface area contributed by atoms with E-state index in [0.29, 0.717) is 6.61 Å². The lowest BCUT2D eigenvalue weighted by Gasteiger charge is -2.38.